The molecule has 1 unspecified atom stereocenters. The van der Waals surface area contributed by atoms with Crippen molar-refractivity contribution in [3.05, 3.63) is 0 Å². The van der Waals surface area contributed by atoms with Crippen molar-refractivity contribution in [2.45, 2.75) is 70.8 Å². The Kier molecular flexibility index (Phi) is 8.00. The van der Waals surface area contributed by atoms with Crippen LogP contribution >= 0.6 is 0 Å². The van der Waals surface area contributed by atoms with E-state index in [2.05, 4.69) is 5.32 Å². The first kappa shape index (κ1) is 17.0. The summed E-state index contributed by atoms with van der Waals surface area (Å²) >= 11 is 0. The first-order chi connectivity index (χ1) is 9.07. The van der Waals surface area contributed by atoms with Crippen molar-refractivity contribution in [3.63, 3.8) is 0 Å². The first-order valence-electron chi connectivity index (χ1n) is 7.95. The molecule has 19 heavy (non-hydrogen) atoms. The molecule has 0 heterocycles. The van der Waals surface area contributed by atoms with E-state index in [0.29, 0.717) is 11.8 Å². The SMILES string of the molecule is CCS(=O)(=O)CCCC(CC1CCCCCC1)NC. The topological polar surface area (TPSA) is 46.2 Å². The minimum Gasteiger partial charge on any atom is -0.317 e. The van der Waals surface area contributed by atoms with Crippen LogP contribution in [0.4, 0.5) is 0 Å². The predicted octanol–water partition coefficient (Wildman–Crippen LogP) is 3.15. The molecule has 114 valence electrons. The maximum absolute atomic E-state index is 11.5. The maximum Gasteiger partial charge on any atom is 0.150 e. The molecule has 3 nitrogen and oxygen atoms in total. The van der Waals surface area contributed by atoms with Gasteiger partial charge in [0.15, 0.2) is 0 Å². The maximum atomic E-state index is 11.5. The van der Waals surface area contributed by atoms with Gasteiger partial charge in [0.25, 0.3) is 0 Å². The van der Waals surface area contributed by atoms with Crippen LogP contribution in [0.3, 0.4) is 0 Å². The number of sulfone groups is 1. The molecule has 0 aliphatic heterocycles. The summed E-state index contributed by atoms with van der Waals surface area (Å²) in [5.74, 6) is 1.48. The molecule has 1 atom stereocenters. The molecular formula is C15H31NO2S. The largest absolute Gasteiger partial charge is 0.317 e. The molecule has 0 saturated heterocycles. The third-order valence-electron chi connectivity index (χ3n) is 4.45. The van der Waals surface area contributed by atoms with Crippen molar-refractivity contribution in [2.24, 2.45) is 5.92 Å². The van der Waals surface area contributed by atoms with E-state index in [1.165, 1.54) is 44.9 Å². The Balaban J connectivity index is 2.28. The summed E-state index contributed by atoms with van der Waals surface area (Å²) in [6.07, 6.45) is 11.3. The lowest BCUT2D eigenvalue weighted by molar-refractivity contribution is 0.350. The molecule has 4 heteroatoms. The van der Waals surface area contributed by atoms with Crippen LogP contribution in [0.15, 0.2) is 0 Å². The average molecular weight is 289 g/mol. The minimum absolute atomic E-state index is 0.278. The molecule has 1 saturated carbocycles. The standard InChI is InChI=1S/C15H31NO2S/c1-3-19(17,18)12-8-11-15(16-2)13-14-9-6-4-5-7-10-14/h14-16H,3-13H2,1-2H3. The second kappa shape index (κ2) is 8.96. The van der Waals surface area contributed by atoms with Gasteiger partial charge in [-0.25, -0.2) is 8.42 Å². The fraction of sp³-hybridized carbons (Fsp3) is 1.00. The Hall–Kier alpha value is -0.0900. The zero-order valence-electron chi connectivity index (χ0n) is 12.7. The smallest absolute Gasteiger partial charge is 0.150 e. The molecule has 0 aromatic heterocycles. The molecule has 1 fully saturated rings. The summed E-state index contributed by atoms with van der Waals surface area (Å²) in [6, 6.07) is 0.496. The van der Waals surface area contributed by atoms with E-state index in [1.54, 1.807) is 6.92 Å². The summed E-state index contributed by atoms with van der Waals surface area (Å²) in [4.78, 5) is 0. The molecular weight excluding hydrogens is 258 g/mol. The van der Waals surface area contributed by atoms with E-state index in [0.717, 1.165) is 18.8 Å². The fourth-order valence-corrected chi connectivity index (χ4v) is 3.97. The summed E-state index contributed by atoms with van der Waals surface area (Å²) in [7, 11) is -0.780. The van der Waals surface area contributed by atoms with Gasteiger partial charge in [-0.05, 0) is 32.2 Å². The fourth-order valence-electron chi connectivity index (χ4n) is 3.08. The molecule has 1 aliphatic carbocycles. The average Bonchev–Trinajstić information content (AvgIpc) is 2.66. The van der Waals surface area contributed by atoms with Crippen molar-refractivity contribution in [2.75, 3.05) is 18.6 Å². The van der Waals surface area contributed by atoms with Gasteiger partial charge in [-0.2, -0.15) is 0 Å². The summed E-state index contributed by atoms with van der Waals surface area (Å²) in [5.41, 5.74) is 0. The van der Waals surface area contributed by atoms with Gasteiger partial charge in [-0.1, -0.05) is 45.4 Å². The lowest BCUT2D eigenvalue weighted by atomic mass is 9.91. The van der Waals surface area contributed by atoms with Crippen LogP contribution < -0.4 is 5.32 Å². The van der Waals surface area contributed by atoms with E-state index < -0.39 is 9.84 Å². The van der Waals surface area contributed by atoms with E-state index in [1.807, 2.05) is 7.05 Å². The molecule has 0 radical (unpaired) electrons. The van der Waals surface area contributed by atoms with Crippen LogP contribution in [0.25, 0.3) is 0 Å². The van der Waals surface area contributed by atoms with Crippen LogP contribution in [0, 0.1) is 5.92 Å². The minimum atomic E-state index is -2.79. The Morgan fingerprint density at radius 2 is 1.79 bits per heavy atom. The van der Waals surface area contributed by atoms with E-state index in [4.69, 9.17) is 0 Å². The zero-order chi connectivity index (χ0) is 14.1. The number of rotatable bonds is 8. The van der Waals surface area contributed by atoms with Gasteiger partial charge in [0, 0.05) is 11.8 Å². The summed E-state index contributed by atoms with van der Waals surface area (Å²) in [5, 5.41) is 3.38. The molecule has 1 aliphatic rings. The number of hydrogen-bond donors (Lipinski definition) is 1. The van der Waals surface area contributed by atoms with Gasteiger partial charge in [0.2, 0.25) is 0 Å². The van der Waals surface area contributed by atoms with E-state index in [9.17, 15) is 8.42 Å². The summed E-state index contributed by atoms with van der Waals surface area (Å²) < 4.78 is 23.0. The molecule has 0 aromatic carbocycles. The second-order valence-corrected chi connectivity index (χ2v) is 8.43. The molecule has 1 N–H and O–H groups in total. The Bertz CT molecular complexity index is 319. The third-order valence-corrected chi connectivity index (χ3v) is 6.24. The van der Waals surface area contributed by atoms with Gasteiger partial charge >= 0.3 is 0 Å². The van der Waals surface area contributed by atoms with Crippen LogP contribution in [0.5, 0.6) is 0 Å². The molecule has 0 spiro atoms. The molecule has 0 bridgehead atoms. The van der Waals surface area contributed by atoms with Crippen LogP contribution in [-0.4, -0.2) is 33.0 Å². The monoisotopic (exact) mass is 289 g/mol. The zero-order valence-corrected chi connectivity index (χ0v) is 13.5. The van der Waals surface area contributed by atoms with Crippen LogP contribution in [-0.2, 0) is 9.84 Å². The van der Waals surface area contributed by atoms with Gasteiger partial charge in [-0.15, -0.1) is 0 Å². The highest BCUT2D eigenvalue weighted by Crippen LogP contribution is 2.27. The molecule has 1 rings (SSSR count). The Morgan fingerprint density at radius 1 is 1.16 bits per heavy atom. The van der Waals surface area contributed by atoms with Crippen molar-refractivity contribution < 1.29 is 8.42 Å². The van der Waals surface area contributed by atoms with Gasteiger partial charge in [-0.3, -0.25) is 0 Å². The van der Waals surface area contributed by atoms with Crippen molar-refractivity contribution in [1.29, 1.82) is 0 Å². The lowest BCUT2D eigenvalue weighted by Crippen LogP contribution is -2.28. The van der Waals surface area contributed by atoms with E-state index in [-0.39, 0.29) is 5.75 Å². The Labute approximate surface area is 119 Å². The van der Waals surface area contributed by atoms with Gasteiger partial charge in [0.05, 0.1) is 5.75 Å². The number of hydrogen-bond acceptors (Lipinski definition) is 3. The quantitative estimate of drug-likeness (QED) is 0.698. The highest BCUT2D eigenvalue weighted by Gasteiger charge is 2.17. The van der Waals surface area contributed by atoms with Crippen molar-refractivity contribution >= 4 is 9.84 Å². The van der Waals surface area contributed by atoms with E-state index >= 15 is 0 Å². The highest BCUT2D eigenvalue weighted by atomic mass is 32.2. The predicted molar refractivity (Wildman–Crippen MR) is 82.2 cm³/mol. The summed E-state index contributed by atoms with van der Waals surface area (Å²) in [6.45, 7) is 1.73. The molecule has 0 amide bonds. The van der Waals surface area contributed by atoms with Crippen molar-refractivity contribution in [3.8, 4) is 0 Å². The third kappa shape index (κ3) is 7.31. The Morgan fingerprint density at radius 3 is 2.32 bits per heavy atom. The van der Waals surface area contributed by atoms with Crippen molar-refractivity contribution in [1.82, 2.24) is 5.32 Å². The number of nitrogens with one attached hydrogen (secondary N) is 1. The second-order valence-electron chi connectivity index (χ2n) is 5.96. The highest BCUT2D eigenvalue weighted by molar-refractivity contribution is 7.91. The normalized spacial score (nSPS) is 20.1. The van der Waals surface area contributed by atoms with Gasteiger partial charge in [0.1, 0.15) is 9.84 Å². The first-order valence-corrected chi connectivity index (χ1v) is 9.77. The van der Waals surface area contributed by atoms with Crippen LogP contribution in [0.1, 0.15) is 64.7 Å². The van der Waals surface area contributed by atoms with Crippen LogP contribution in [0.2, 0.25) is 0 Å². The van der Waals surface area contributed by atoms with Gasteiger partial charge < -0.3 is 5.32 Å². The molecule has 0 aromatic rings. The lowest BCUT2D eigenvalue weighted by Gasteiger charge is -2.22.